The van der Waals surface area contributed by atoms with Gasteiger partial charge in [-0.25, -0.2) is 0 Å². The molecule has 2 aromatic rings. The Morgan fingerprint density at radius 1 is 1.03 bits per heavy atom. The standard InChI is InChI=1S/C23H29N3O3/c1-17(2)16-29-21-10-8-19(9-11-21)24-15-22(27)25-20-7-5-6-18(14-20)23(28)26-12-3-4-13-26/h5-11,14,17,24H,3-4,12-13,15-16H2,1-2H3,(H,25,27). The van der Waals surface area contributed by atoms with E-state index in [2.05, 4.69) is 24.5 Å². The largest absolute Gasteiger partial charge is 0.493 e. The molecular weight excluding hydrogens is 366 g/mol. The van der Waals surface area contributed by atoms with Crippen LogP contribution in [0.15, 0.2) is 48.5 Å². The molecule has 0 unspecified atom stereocenters. The van der Waals surface area contributed by atoms with E-state index in [9.17, 15) is 9.59 Å². The van der Waals surface area contributed by atoms with Gasteiger partial charge in [0.05, 0.1) is 13.2 Å². The van der Waals surface area contributed by atoms with Crippen LogP contribution in [0.5, 0.6) is 5.75 Å². The van der Waals surface area contributed by atoms with Crippen molar-refractivity contribution < 1.29 is 14.3 Å². The molecule has 0 radical (unpaired) electrons. The summed E-state index contributed by atoms with van der Waals surface area (Å²) in [6.07, 6.45) is 2.11. The molecule has 0 aliphatic carbocycles. The quantitative estimate of drug-likeness (QED) is 0.709. The van der Waals surface area contributed by atoms with E-state index in [1.807, 2.05) is 29.2 Å². The first-order valence-electron chi connectivity index (χ1n) is 10.2. The average molecular weight is 396 g/mol. The van der Waals surface area contributed by atoms with Gasteiger partial charge in [0.2, 0.25) is 5.91 Å². The molecular formula is C23H29N3O3. The maximum atomic E-state index is 12.5. The molecule has 6 heteroatoms. The summed E-state index contributed by atoms with van der Waals surface area (Å²) >= 11 is 0. The lowest BCUT2D eigenvalue weighted by atomic mass is 10.1. The molecule has 0 saturated carbocycles. The highest BCUT2D eigenvalue weighted by Crippen LogP contribution is 2.18. The first-order chi connectivity index (χ1) is 14.0. The van der Waals surface area contributed by atoms with Crippen molar-refractivity contribution in [2.75, 3.05) is 36.9 Å². The van der Waals surface area contributed by atoms with Crippen molar-refractivity contribution >= 4 is 23.2 Å². The fourth-order valence-corrected chi connectivity index (χ4v) is 3.15. The van der Waals surface area contributed by atoms with Crippen molar-refractivity contribution in [1.82, 2.24) is 4.90 Å². The minimum Gasteiger partial charge on any atom is -0.493 e. The smallest absolute Gasteiger partial charge is 0.253 e. The molecule has 0 aromatic heterocycles. The van der Waals surface area contributed by atoms with Gasteiger partial charge in [-0.1, -0.05) is 19.9 Å². The summed E-state index contributed by atoms with van der Waals surface area (Å²) in [6, 6.07) is 14.7. The molecule has 1 saturated heterocycles. The minimum absolute atomic E-state index is 0.0245. The Morgan fingerprint density at radius 3 is 2.45 bits per heavy atom. The van der Waals surface area contributed by atoms with E-state index < -0.39 is 0 Å². The zero-order valence-corrected chi connectivity index (χ0v) is 17.1. The zero-order chi connectivity index (χ0) is 20.6. The van der Waals surface area contributed by atoms with E-state index in [1.165, 1.54) is 0 Å². The van der Waals surface area contributed by atoms with Crippen LogP contribution in [0, 0.1) is 5.92 Å². The Balaban J connectivity index is 1.49. The molecule has 0 atom stereocenters. The zero-order valence-electron chi connectivity index (χ0n) is 17.1. The van der Waals surface area contributed by atoms with Crippen LogP contribution in [-0.2, 0) is 4.79 Å². The lowest BCUT2D eigenvalue weighted by Crippen LogP contribution is -2.27. The lowest BCUT2D eigenvalue weighted by molar-refractivity contribution is -0.114. The molecule has 2 aromatic carbocycles. The van der Waals surface area contributed by atoms with Gasteiger partial charge in [-0.3, -0.25) is 9.59 Å². The van der Waals surface area contributed by atoms with Crippen molar-refractivity contribution in [2.24, 2.45) is 5.92 Å². The predicted octanol–water partition coefficient (Wildman–Crippen LogP) is 4.01. The summed E-state index contributed by atoms with van der Waals surface area (Å²) < 4.78 is 5.66. The Hall–Kier alpha value is -3.02. The Bertz CT molecular complexity index is 828. The SMILES string of the molecule is CC(C)COc1ccc(NCC(=O)Nc2cccc(C(=O)N3CCCC3)c2)cc1. The molecule has 1 aliphatic heterocycles. The number of carbonyl (C=O) groups is 2. The van der Waals surface area contributed by atoms with E-state index in [0.717, 1.165) is 37.4 Å². The second-order valence-corrected chi connectivity index (χ2v) is 7.71. The molecule has 1 aliphatic rings. The maximum Gasteiger partial charge on any atom is 0.253 e. The van der Waals surface area contributed by atoms with Crippen LogP contribution in [0.25, 0.3) is 0 Å². The van der Waals surface area contributed by atoms with E-state index in [4.69, 9.17) is 4.74 Å². The normalized spacial score (nSPS) is 13.4. The monoisotopic (exact) mass is 395 g/mol. The van der Waals surface area contributed by atoms with Gasteiger partial charge in [0.15, 0.2) is 0 Å². The molecule has 1 heterocycles. The topological polar surface area (TPSA) is 70.7 Å². The van der Waals surface area contributed by atoms with Gasteiger partial charge in [0, 0.05) is 30.0 Å². The number of amides is 2. The number of anilines is 2. The van der Waals surface area contributed by atoms with E-state index in [-0.39, 0.29) is 18.4 Å². The van der Waals surface area contributed by atoms with E-state index in [0.29, 0.717) is 23.8 Å². The van der Waals surface area contributed by atoms with Gasteiger partial charge in [0.1, 0.15) is 5.75 Å². The number of hydrogen-bond acceptors (Lipinski definition) is 4. The van der Waals surface area contributed by atoms with Crippen molar-refractivity contribution in [3.05, 3.63) is 54.1 Å². The molecule has 3 rings (SSSR count). The number of ether oxygens (including phenoxy) is 1. The highest BCUT2D eigenvalue weighted by molar-refractivity contribution is 5.98. The van der Waals surface area contributed by atoms with Gasteiger partial charge in [-0.15, -0.1) is 0 Å². The molecule has 6 nitrogen and oxygen atoms in total. The summed E-state index contributed by atoms with van der Waals surface area (Å²) in [5.41, 5.74) is 2.07. The van der Waals surface area contributed by atoms with Gasteiger partial charge in [-0.05, 0) is 61.2 Å². The molecule has 1 fully saturated rings. The Morgan fingerprint density at radius 2 is 1.76 bits per heavy atom. The number of nitrogens with zero attached hydrogens (tertiary/aromatic N) is 1. The number of nitrogens with one attached hydrogen (secondary N) is 2. The third-order valence-electron chi connectivity index (χ3n) is 4.68. The number of hydrogen-bond donors (Lipinski definition) is 2. The molecule has 2 N–H and O–H groups in total. The Labute approximate surface area is 172 Å². The van der Waals surface area contributed by atoms with Gasteiger partial charge in [0.25, 0.3) is 5.91 Å². The highest BCUT2D eigenvalue weighted by atomic mass is 16.5. The summed E-state index contributed by atoms with van der Waals surface area (Å²) in [4.78, 5) is 26.6. The molecule has 29 heavy (non-hydrogen) atoms. The summed E-state index contributed by atoms with van der Waals surface area (Å²) in [7, 11) is 0. The van der Waals surface area contributed by atoms with E-state index >= 15 is 0 Å². The van der Waals surface area contributed by atoms with Crippen molar-refractivity contribution in [3.63, 3.8) is 0 Å². The van der Waals surface area contributed by atoms with Crippen LogP contribution < -0.4 is 15.4 Å². The summed E-state index contributed by atoms with van der Waals surface area (Å²) in [5.74, 6) is 1.14. The van der Waals surface area contributed by atoms with Crippen LogP contribution in [0.1, 0.15) is 37.0 Å². The third-order valence-corrected chi connectivity index (χ3v) is 4.68. The van der Waals surface area contributed by atoms with Gasteiger partial charge in [-0.2, -0.15) is 0 Å². The van der Waals surface area contributed by atoms with Crippen molar-refractivity contribution in [3.8, 4) is 5.75 Å². The van der Waals surface area contributed by atoms with Crippen molar-refractivity contribution in [2.45, 2.75) is 26.7 Å². The first kappa shape index (κ1) is 20.7. The van der Waals surface area contributed by atoms with Crippen LogP contribution in [0.2, 0.25) is 0 Å². The fourth-order valence-electron chi connectivity index (χ4n) is 3.15. The molecule has 0 bridgehead atoms. The predicted molar refractivity (Wildman–Crippen MR) is 115 cm³/mol. The summed E-state index contributed by atoms with van der Waals surface area (Å²) in [5, 5.41) is 5.94. The second-order valence-electron chi connectivity index (χ2n) is 7.71. The first-order valence-corrected chi connectivity index (χ1v) is 10.2. The van der Waals surface area contributed by atoms with Crippen LogP contribution in [-0.4, -0.2) is 43.0 Å². The Kier molecular flexibility index (Phi) is 7.11. The maximum absolute atomic E-state index is 12.5. The number of likely N-dealkylation sites (tertiary alicyclic amines) is 1. The van der Waals surface area contributed by atoms with Crippen LogP contribution in [0.3, 0.4) is 0 Å². The molecule has 0 spiro atoms. The summed E-state index contributed by atoms with van der Waals surface area (Å²) in [6.45, 7) is 6.63. The van der Waals surface area contributed by atoms with Gasteiger partial charge >= 0.3 is 0 Å². The second kappa shape index (κ2) is 9.96. The van der Waals surface area contributed by atoms with Crippen molar-refractivity contribution in [1.29, 1.82) is 0 Å². The molecule has 2 amide bonds. The van der Waals surface area contributed by atoms with Crippen LogP contribution in [0.4, 0.5) is 11.4 Å². The van der Waals surface area contributed by atoms with E-state index in [1.54, 1.807) is 24.3 Å². The highest BCUT2D eigenvalue weighted by Gasteiger charge is 2.19. The molecule has 154 valence electrons. The number of rotatable bonds is 8. The average Bonchev–Trinajstić information content (AvgIpc) is 3.26. The fraction of sp³-hybridized carbons (Fsp3) is 0.391. The van der Waals surface area contributed by atoms with Gasteiger partial charge < -0.3 is 20.3 Å². The number of carbonyl (C=O) groups excluding carboxylic acids is 2. The minimum atomic E-state index is -0.170. The van der Waals surface area contributed by atoms with Crippen LogP contribution >= 0.6 is 0 Å². The number of benzene rings is 2. The third kappa shape index (κ3) is 6.24. The lowest BCUT2D eigenvalue weighted by Gasteiger charge is -2.16.